The monoisotopic (exact) mass is 721 g/mol. The van der Waals surface area contributed by atoms with Crippen LogP contribution < -0.4 is 16.4 Å². The Morgan fingerprint density at radius 1 is 1.18 bits per heavy atom. The van der Waals surface area contributed by atoms with Gasteiger partial charge in [0.2, 0.25) is 11.7 Å². The highest BCUT2D eigenvalue weighted by atomic mass is 35.5. The molecule has 1 fully saturated rings. The number of rotatable bonds is 8. The Bertz CT molecular complexity index is 2110. The van der Waals surface area contributed by atoms with Crippen LogP contribution in [0.25, 0.3) is 11.4 Å². The first-order chi connectivity index (χ1) is 23.7. The zero-order valence-electron chi connectivity index (χ0n) is 27.1. The third-order valence-electron chi connectivity index (χ3n) is 7.66. The van der Waals surface area contributed by atoms with E-state index in [1.165, 1.54) is 30.6 Å². The van der Waals surface area contributed by atoms with Crippen molar-refractivity contribution < 1.29 is 36.9 Å². The number of ketones is 1. The fourth-order valence-corrected chi connectivity index (χ4v) is 6.96. The Balaban J connectivity index is 1.33. The van der Waals surface area contributed by atoms with Crippen molar-refractivity contribution in [3.05, 3.63) is 98.8 Å². The zero-order chi connectivity index (χ0) is 35.8. The van der Waals surface area contributed by atoms with E-state index in [9.17, 15) is 22.8 Å². The van der Waals surface area contributed by atoms with Crippen LogP contribution in [0.2, 0.25) is 5.15 Å². The number of hydrogen-bond acceptors (Lipinski definition) is 13. The van der Waals surface area contributed by atoms with Gasteiger partial charge in [-0.15, -0.1) is 0 Å². The number of carbonyl (C=O) groups is 3. The number of alkyl carbamates (subject to hydrolysis) is 1. The number of pyridine rings is 1. The molecule has 17 heteroatoms. The molecular weight excluding hydrogens is 690 g/mol. The van der Waals surface area contributed by atoms with Crippen LogP contribution in [0.15, 0.2) is 86.3 Å². The van der Waals surface area contributed by atoms with Gasteiger partial charge in [0.25, 0.3) is 0 Å². The third-order valence-corrected chi connectivity index (χ3v) is 9.68. The molecule has 0 unspecified atom stereocenters. The maximum Gasteiger partial charge on any atom is 0.408 e. The fraction of sp³-hybridized carbons (Fsp3) is 0.303. The van der Waals surface area contributed by atoms with Crippen LogP contribution >= 0.6 is 11.6 Å². The minimum atomic E-state index is -4.18. The lowest BCUT2D eigenvalue weighted by atomic mass is 9.91. The number of nitrogens with zero attached hydrogens (tertiary/aromatic N) is 4. The highest BCUT2D eigenvalue weighted by Crippen LogP contribution is 2.39. The number of ether oxygens (including phenoxy) is 1. The molecular formula is C33H32ClN7O8S. The van der Waals surface area contributed by atoms with Crippen molar-refractivity contribution in [1.29, 1.82) is 0 Å². The van der Waals surface area contributed by atoms with Gasteiger partial charge >= 0.3 is 12.1 Å². The summed E-state index contributed by atoms with van der Waals surface area (Å²) < 4.78 is 37.9. The lowest BCUT2D eigenvalue weighted by molar-refractivity contribution is -0.117. The van der Waals surface area contributed by atoms with Crippen LogP contribution in [0, 0.1) is 0 Å². The summed E-state index contributed by atoms with van der Waals surface area (Å²) in [6.07, 6.45) is 5.20. The third kappa shape index (κ3) is 7.76. The van der Waals surface area contributed by atoms with E-state index in [1.54, 1.807) is 45.0 Å². The molecule has 50 heavy (non-hydrogen) atoms. The molecule has 4 heterocycles. The Hall–Kier alpha value is -5.35. The number of hydrogen-bond donors (Lipinski definition) is 3. The second-order valence-electron chi connectivity index (χ2n) is 12.8. The second-order valence-corrected chi connectivity index (χ2v) is 15.1. The highest BCUT2D eigenvalue weighted by molar-refractivity contribution is 7.95. The average molecular weight is 722 g/mol. The van der Waals surface area contributed by atoms with Crippen LogP contribution in [0.5, 0.6) is 0 Å². The molecule has 0 radical (unpaired) electrons. The zero-order valence-corrected chi connectivity index (χ0v) is 28.7. The first-order valence-electron chi connectivity index (χ1n) is 15.5. The van der Waals surface area contributed by atoms with E-state index in [0.29, 0.717) is 28.8 Å². The van der Waals surface area contributed by atoms with Crippen molar-refractivity contribution in [2.45, 2.75) is 57.6 Å². The van der Waals surface area contributed by atoms with E-state index in [1.807, 2.05) is 0 Å². The Labute approximate surface area is 291 Å². The lowest BCUT2D eigenvalue weighted by Gasteiger charge is -2.28. The molecule has 3 aliphatic rings. The fourth-order valence-electron chi connectivity index (χ4n) is 5.15. The van der Waals surface area contributed by atoms with E-state index in [4.69, 9.17) is 31.4 Å². The number of amides is 1. The summed E-state index contributed by atoms with van der Waals surface area (Å²) in [5.41, 5.74) is 6.78. The van der Waals surface area contributed by atoms with Gasteiger partial charge in [-0.05, 0) is 69.4 Å². The number of aromatic nitrogens is 3. The molecule has 4 N–H and O–H groups in total. The number of oxime groups is 1. The number of sulfone groups is 1. The summed E-state index contributed by atoms with van der Waals surface area (Å²) in [5, 5.41) is 12.4. The summed E-state index contributed by atoms with van der Waals surface area (Å²) in [5.74, 6) is -1.32. The summed E-state index contributed by atoms with van der Waals surface area (Å²) >= 11 is 5.98. The highest BCUT2D eigenvalue weighted by Gasteiger charge is 2.42. The van der Waals surface area contributed by atoms with Crippen LogP contribution in [-0.2, 0) is 30.6 Å². The Morgan fingerprint density at radius 2 is 1.92 bits per heavy atom. The SMILES string of the molecule is CC(C)(C)OC(=O)N[C@H]1CS(=O)(=O)C2=C(C1=O)C(Cc1ccc(-c3noc(C4CC4)n3)cc1)=CC(C(N)=NOC(=O)c1cccnc1Cl)=CN2. The molecule has 1 saturated carbocycles. The molecule has 15 nitrogen and oxygen atoms in total. The molecule has 2 aromatic heterocycles. The van der Waals surface area contributed by atoms with Crippen molar-refractivity contribution in [2.75, 3.05) is 5.75 Å². The van der Waals surface area contributed by atoms with E-state index in [0.717, 1.165) is 12.8 Å². The summed E-state index contributed by atoms with van der Waals surface area (Å²) in [7, 11) is -4.18. The molecule has 0 spiro atoms. The molecule has 2 aliphatic heterocycles. The number of halogens is 1. The van der Waals surface area contributed by atoms with Crippen LogP contribution in [0.1, 0.15) is 61.3 Å². The van der Waals surface area contributed by atoms with Gasteiger partial charge in [0.15, 0.2) is 21.5 Å². The van der Waals surface area contributed by atoms with Crippen molar-refractivity contribution in [3.63, 3.8) is 0 Å². The van der Waals surface area contributed by atoms with Gasteiger partial charge in [0, 0.05) is 29.5 Å². The molecule has 0 saturated heterocycles. The minimum Gasteiger partial charge on any atom is -0.444 e. The van der Waals surface area contributed by atoms with Crippen molar-refractivity contribution in [1.82, 2.24) is 25.8 Å². The van der Waals surface area contributed by atoms with Crippen molar-refractivity contribution >= 4 is 45.1 Å². The van der Waals surface area contributed by atoms with Gasteiger partial charge in [-0.2, -0.15) is 4.98 Å². The van der Waals surface area contributed by atoms with Gasteiger partial charge < -0.3 is 30.5 Å². The summed E-state index contributed by atoms with van der Waals surface area (Å²) in [4.78, 5) is 52.5. The minimum absolute atomic E-state index is 0.0382. The van der Waals surface area contributed by atoms with Gasteiger partial charge in [0.1, 0.15) is 21.8 Å². The first-order valence-corrected chi connectivity index (χ1v) is 17.5. The van der Waals surface area contributed by atoms with Gasteiger partial charge in [-0.25, -0.2) is 23.0 Å². The van der Waals surface area contributed by atoms with E-state index < -0.39 is 45.1 Å². The smallest absolute Gasteiger partial charge is 0.408 e. The normalized spacial score (nSPS) is 19.0. The quantitative estimate of drug-likeness (QED) is 0.0991. The van der Waals surface area contributed by atoms with Crippen molar-refractivity contribution in [3.8, 4) is 11.4 Å². The molecule has 1 aliphatic carbocycles. The number of carbonyl (C=O) groups excluding carboxylic acids is 3. The molecule has 0 bridgehead atoms. The first kappa shape index (κ1) is 34.5. The van der Waals surface area contributed by atoms with Crippen molar-refractivity contribution in [2.24, 2.45) is 10.9 Å². The van der Waals surface area contributed by atoms with Gasteiger partial charge in [0.05, 0.1) is 16.9 Å². The molecule has 1 amide bonds. The Morgan fingerprint density at radius 3 is 2.60 bits per heavy atom. The van der Waals surface area contributed by atoms with E-state index in [-0.39, 0.29) is 44.7 Å². The largest absolute Gasteiger partial charge is 0.444 e. The molecule has 1 atom stereocenters. The number of nitrogens with two attached hydrogens (primary N) is 1. The number of Topliss-reactive ketones (excluding diaryl/α,β-unsaturated/α-hetero) is 1. The predicted molar refractivity (Wildman–Crippen MR) is 180 cm³/mol. The summed E-state index contributed by atoms with van der Waals surface area (Å²) in [6, 6.07) is 8.55. The predicted octanol–water partition coefficient (Wildman–Crippen LogP) is 3.85. The van der Waals surface area contributed by atoms with Gasteiger partial charge in [-0.3, -0.25) is 4.79 Å². The standard InChI is InChI=1S/C33H32ClN7O8S/c1-33(2,3)47-32(44)38-23-16-50(45,46)30-24(25(23)42)20(13-17-6-8-18(9-7-17)28-39-29(48-41-28)19-10-11-19)14-21(15-37-30)27(35)40-49-31(43)22-5-4-12-36-26(22)34/h4-9,12,14-15,19,23,37H,10-11,13,16H2,1-3H3,(H2,35,40)(H,38,44)/t23-/m0/s1. The van der Waals surface area contributed by atoms with E-state index in [2.05, 4.69) is 30.9 Å². The Kier molecular flexibility index (Phi) is 9.33. The van der Waals surface area contributed by atoms with Crippen LogP contribution in [0.4, 0.5) is 4.79 Å². The maximum absolute atomic E-state index is 14.0. The number of nitrogens with one attached hydrogen (secondary N) is 2. The second kappa shape index (κ2) is 13.5. The average Bonchev–Trinajstić information content (AvgIpc) is 3.82. The molecule has 1 aromatic carbocycles. The number of allylic oxidation sites excluding steroid dienone is 1. The van der Waals surface area contributed by atoms with Crippen LogP contribution in [-0.4, -0.2) is 64.6 Å². The topological polar surface area (TPSA) is 218 Å². The lowest BCUT2D eigenvalue weighted by Crippen LogP contribution is -2.51. The maximum atomic E-state index is 14.0. The molecule has 6 rings (SSSR count). The van der Waals surface area contributed by atoms with Gasteiger partial charge in [-0.1, -0.05) is 46.2 Å². The molecule has 260 valence electrons. The molecule has 3 aromatic rings. The van der Waals surface area contributed by atoms with Crippen LogP contribution in [0.3, 0.4) is 0 Å². The number of amidine groups is 1. The number of benzene rings is 1. The summed E-state index contributed by atoms with van der Waals surface area (Å²) in [6.45, 7) is 4.92. The van der Waals surface area contributed by atoms with E-state index >= 15 is 0 Å².